The lowest BCUT2D eigenvalue weighted by atomic mass is 10.0. The molecule has 0 bridgehead atoms. The molecule has 0 saturated heterocycles. The zero-order valence-electron chi connectivity index (χ0n) is 18.4. The van der Waals surface area contributed by atoms with Gasteiger partial charge in [-0.05, 0) is 48.7 Å². The number of hydrogen-bond donors (Lipinski definition) is 2. The first kappa shape index (κ1) is 23.0. The number of carbonyl (C=O) groups is 1. The molecule has 2 heterocycles. The van der Waals surface area contributed by atoms with Crippen LogP contribution in [0, 0.1) is 30.7 Å². The van der Waals surface area contributed by atoms with Crippen LogP contribution >= 0.6 is 0 Å². The summed E-state index contributed by atoms with van der Waals surface area (Å²) in [5, 5.41) is 14.8. The molecule has 0 aliphatic heterocycles. The van der Waals surface area contributed by atoms with E-state index in [0.29, 0.717) is 42.0 Å². The highest BCUT2D eigenvalue weighted by molar-refractivity contribution is 5.93. The van der Waals surface area contributed by atoms with Crippen molar-refractivity contribution in [2.45, 2.75) is 13.3 Å². The van der Waals surface area contributed by atoms with Crippen LogP contribution in [0.2, 0.25) is 0 Å². The van der Waals surface area contributed by atoms with Crippen LogP contribution in [-0.2, 0) is 0 Å². The lowest BCUT2D eigenvalue weighted by Gasteiger charge is -2.11. The van der Waals surface area contributed by atoms with Gasteiger partial charge < -0.3 is 5.32 Å². The number of amides is 1. The number of aryl methyl sites for hydroxylation is 1. The second kappa shape index (κ2) is 10.6. The van der Waals surface area contributed by atoms with Crippen LogP contribution in [0.3, 0.4) is 0 Å². The number of rotatable bonds is 8. The number of terminal acetylenes is 1. The number of carbonyl (C=O) groups excluding carboxylic acids is 1. The maximum Gasteiger partial charge on any atom is 0.280 e. The van der Waals surface area contributed by atoms with Crippen LogP contribution in [-0.4, -0.2) is 52.0 Å². The smallest absolute Gasteiger partial charge is 0.280 e. The van der Waals surface area contributed by atoms with E-state index < -0.39 is 0 Å². The number of aliphatic imine (C=N–C) groups is 1. The van der Waals surface area contributed by atoms with Crippen LogP contribution in [0.15, 0.2) is 52.5 Å². The summed E-state index contributed by atoms with van der Waals surface area (Å²) in [6, 6.07) is 12.9. The minimum atomic E-state index is -0.277. The zero-order valence-corrected chi connectivity index (χ0v) is 18.4. The van der Waals surface area contributed by atoms with Gasteiger partial charge in [-0.25, -0.2) is 9.67 Å². The molecule has 0 fully saturated rings. The predicted octanol–water partition coefficient (Wildman–Crippen LogP) is 2.08. The number of hydrogen-bond acceptors (Lipinski definition) is 5. The van der Waals surface area contributed by atoms with Crippen molar-refractivity contribution in [2.75, 3.05) is 20.1 Å². The topological polar surface area (TPSA) is 119 Å². The molecule has 0 aliphatic carbocycles. The monoisotopic (exact) mass is 441 g/mol. The average molecular weight is 441 g/mol. The Morgan fingerprint density at radius 1 is 1.36 bits per heavy atom. The first-order valence-corrected chi connectivity index (χ1v) is 10.2. The van der Waals surface area contributed by atoms with E-state index in [4.69, 9.17) is 11.7 Å². The second-order valence-corrected chi connectivity index (χ2v) is 7.18. The third-order valence-electron chi connectivity index (χ3n) is 4.94. The molecule has 9 heteroatoms. The third-order valence-corrected chi connectivity index (χ3v) is 4.94. The summed E-state index contributed by atoms with van der Waals surface area (Å²) < 4.78 is 1.30. The van der Waals surface area contributed by atoms with Gasteiger partial charge in [-0.3, -0.25) is 24.6 Å². The van der Waals surface area contributed by atoms with E-state index in [0.717, 1.165) is 11.1 Å². The number of pyridine rings is 1. The molecular formula is C24H23N7O2. The fourth-order valence-corrected chi connectivity index (χ4v) is 3.27. The van der Waals surface area contributed by atoms with E-state index in [2.05, 4.69) is 32.5 Å². The molecule has 2 N–H and O–H groups in total. The number of H-pyrrole nitrogens is 1. The summed E-state index contributed by atoms with van der Waals surface area (Å²) in [6.45, 7) is 2.86. The summed E-state index contributed by atoms with van der Waals surface area (Å²) in [6.07, 6.45) is 10.6. The van der Waals surface area contributed by atoms with Crippen molar-refractivity contribution in [3.8, 4) is 35.5 Å². The molecule has 2 aromatic heterocycles. The lowest BCUT2D eigenvalue weighted by molar-refractivity contribution is 0.0952. The van der Waals surface area contributed by atoms with E-state index in [1.807, 2.05) is 6.92 Å². The van der Waals surface area contributed by atoms with E-state index in [9.17, 15) is 9.59 Å². The molecule has 9 nitrogen and oxygen atoms in total. The van der Waals surface area contributed by atoms with Crippen LogP contribution in [0.25, 0.3) is 16.9 Å². The number of benzene rings is 1. The first-order chi connectivity index (χ1) is 16.0. The minimum Gasteiger partial charge on any atom is -0.352 e. The highest BCUT2D eigenvalue weighted by atomic mass is 16.1. The van der Waals surface area contributed by atoms with Crippen molar-refractivity contribution in [3.05, 3.63) is 69.8 Å². The fraction of sp³-hybridized carbons (Fsp3) is 0.208. The molecule has 0 unspecified atom stereocenters. The van der Waals surface area contributed by atoms with Gasteiger partial charge in [0.25, 0.3) is 11.5 Å². The molecule has 3 rings (SSSR count). The van der Waals surface area contributed by atoms with Gasteiger partial charge in [0.1, 0.15) is 0 Å². The molecule has 3 aromatic rings. The maximum atomic E-state index is 12.9. The Labute approximate surface area is 191 Å². The van der Waals surface area contributed by atoms with Crippen molar-refractivity contribution >= 4 is 12.2 Å². The largest absolute Gasteiger partial charge is 0.352 e. The van der Waals surface area contributed by atoms with Crippen LogP contribution in [0.1, 0.15) is 27.9 Å². The summed E-state index contributed by atoms with van der Waals surface area (Å²) in [4.78, 5) is 35.0. The minimum absolute atomic E-state index is 0.266. The molecule has 0 atom stereocenters. The van der Waals surface area contributed by atoms with Gasteiger partial charge in [0.05, 0.1) is 29.1 Å². The van der Waals surface area contributed by atoms with Gasteiger partial charge in [-0.15, -0.1) is 0 Å². The fourth-order valence-electron chi connectivity index (χ4n) is 3.27. The normalized spacial score (nSPS) is 10.5. The summed E-state index contributed by atoms with van der Waals surface area (Å²) in [5.74, 6) is 0.0933. The predicted molar refractivity (Wildman–Crippen MR) is 126 cm³/mol. The molecule has 166 valence electrons. The highest BCUT2D eigenvalue weighted by Crippen LogP contribution is 2.21. The number of nitriles is 1. The Hall–Kier alpha value is -4.63. The number of nitrogens with one attached hydrogen (secondary N) is 2. The Morgan fingerprint density at radius 2 is 2.18 bits per heavy atom. The summed E-state index contributed by atoms with van der Waals surface area (Å²) in [7, 11) is 1.64. The molecule has 0 radical (unpaired) electrons. The molecule has 0 saturated carbocycles. The van der Waals surface area contributed by atoms with Crippen LogP contribution in [0.4, 0.5) is 0 Å². The summed E-state index contributed by atoms with van der Waals surface area (Å²) >= 11 is 0. The standard InChI is InChI=1S/C24H23N7O2/c1-4-30(16-26-3)11-5-10-27-23(32)19-7-9-22(28-14-19)31-24(33)21(15-29-31)20-8-6-18(13-25)12-17(20)2/h1,6-9,12,14-16,29H,5,10-11H2,2-3H3,(H,27,32). The highest BCUT2D eigenvalue weighted by Gasteiger charge is 2.14. The van der Waals surface area contributed by atoms with E-state index in [-0.39, 0.29) is 11.5 Å². The second-order valence-electron chi connectivity index (χ2n) is 7.18. The number of aromatic amines is 1. The van der Waals surface area contributed by atoms with Crippen molar-refractivity contribution in [2.24, 2.45) is 4.99 Å². The van der Waals surface area contributed by atoms with E-state index >= 15 is 0 Å². The summed E-state index contributed by atoms with van der Waals surface area (Å²) in [5.41, 5.74) is 2.66. The molecule has 1 aromatic carbocycles. The molecule has 33 heavy (non-hydrogen) atoms. The van der Waals surface area contributed by atoms with Gasteiger partial charge in [-0.1, -0.05) is 12.5 Å². The van der Waals surface area contributed by atoms with E-state index in [1.54, 1.807) is 54.8 Å². The Bertz CT molecular complexity index is 1300. The molecule has 1 amide bonds. The Balaban J connectivity index is 1.67. The number of aromatic nitrogens is 3. The van der Waals surface area contributed by atoms with Crippen molar-refractivity contribution in [3.63, 3.8) is 0 Å². The quantitative estimate of drug-likeness (QED) is 0.182. The van der Waals surface area contributed by atoms with Crippen molar-refractivity contribution in [1.82, 2.24) is 25.0 Å². The Kier molecular flexibility index (Phi) is 7.40. The Morgan fingerprint density at radius 3 is 2.82 bits per heavy atom. The van der Waals surface area contributed by atoms with Gasteiger partial charge in [0.15, 0.2) is 5.82 Å². The third kappa shape index (κ3) is 5.35. The van der Waals surface area contributed by atoms with Gasteiger partial charge >= 0.3 is 0 Å². The first-order valence-electron chi connectivity index (χ1n) is 10.2. The SMILES string of the molecule is C#CN(C=NC)CCCNC(=O)c1ccc(-n2[nH]cc(-c3ccc(C#N)cc3C)c2=O)nc1. The molecule has 0 spiro atoms. The zero-order chi connectivity index (χ0) is 23.8. The van der Waals surface area contributed by atoms with Gasteiger partial charge in [0.2, 0.25) is 0 Å². The maximum absolute atomic E-state index is 12.9. The van der Waals surface area contributed by atoms with Gasteiger partial charge in [-0.2, -0.15) is 5.26 Å². The van der Waals surface area contributed by atoms with Crippen molar-refractivity contribution < 1.29 is 4.79 Å². The average Bonchev–Trinajstić information content (AvgIpc) is 3.21. The lowest BCUT2D eigenvalue weighted by Crippen LogP contribution is -2.28. The van der Waals surface area contributed by atoms with E-state index in [1.165, 1.54) is 10.9 Å². The van der Waals surface area contributed by atoms with Gasteiger partial charge in [0, 0.05) is 38.6 Å². The van der Waals surface area contributed by atoms with Crippen LogP contribution in [0.5, 0.6) is 0 Å². The van der Waals surface area contributed by atoms with Crippen molar-refractivity contribution in [1.29, 1.82) is 5.26 Å². The number of nitrogens with zero attached hydrogens (tertiary/aromatic N) is 5. The molecule has 0 aliphatic rings. The van der Waals surface area contributed by atoms with Crippen LogP contribution < -0.4 is 10.9 Å². The molecular weight excluding hydrogens is 418 g/mol.